The number of hydrogen-bond acceptors (Lipinski definition) is 10. The smallest absolute Gasteiger partial charge is 0.293 e. The van der Waals surface area contributed by atoms with Crippen LogP contribution in [0.15, 0.2) is 145 Å². The molecule has 330 valence electrons. The molecule has 1 amide bonds. The molecule has 3 N–H and O–H groups in total. The van der Waals surface area contributed by atoms with Crippen LogP contribution in [-0.4, -0.2) is 55.5 Å². The molecule has 2 aliphatic heterocycles. The number of fused-ring (bicyclic) bond motifs is 1. The molecule has 1 saturated carbocycles. The van der Waals surface area contributed by atoms with Crippen LogP contribution in [0.25, 0.3) is 22.2 Å². The highest BCUT2D eigenvalue weighted by Crippen LogP contribution is 2.49. The van der Waals surface area contributed by atoms with Gasteiger partial charge in [-0.25, -0.2) is 18.1 Å². The van der Waals surface area contributed by atoms with E-state index >= 15 is 0 Å². The molecule has 7 aromatic rings. The largest absolute Gasteiger partial charge is 0.455 e. The average Bonchev–Trinajstić information content (AvgIpc) is 3.91. The predicted octanol–water partition coefficient (Wildman–Crippen LogP) is 10.5. The summed E-state index contributed by atoms with van der Waals surface area (Å²) in [7, 11) is -4.58. The molecule has 2 aromatic heterocycles. The topological polar surface area (TPSA) is 169 Å². The zero-order chi connectivity index (χ0) is 44.5. The van der Waals surface area contributed by atoms with Gasteiger partial charge in [-0.05, 0) is 120 Å². The molecule has 10 rings (SSSR count). The number of nitro groups is 1. The van der Waals surface area contributed by atoms with Crippen molar-refractivity contribution in [1.82, 2.24) is 14.7 Å². The molecule has 2 atom stereocenters. The molecule has 3 aliphatic rings. The molecule has 14 heteroatoms. The molecule has 0 spiro atoms. The van der Waals surface area contributed by atoms with Crippen molar-refractivity contribution < 1.29 is 27.6 Å². The Kier molecular flexibility index (Phi) is 11.5. The fourth-order valence-corrected chi connectivity index (χ4v) is 10.3. The number of nitrogens with zero attached hydrogens (tertiary/aromatic N) is 3. The van der Waals surface area contributed by atoms with Crippen molar-refractivity contribution >= 4 is 44.0 Å². The third-order valence-corrected chi connectivity index (χ3v) is 14.3. The standard InChI is InChI=1S/C51H48N6O7S/c58-51(55-65(61,62)42-17-19-46(48(29-42)57(59)60)53-30-33-21-24-63-25-22-33)45-18-14-37(28-49(45)64-41-26-38-20-23-52-50(38)54-31-41)35-12-15-40(16-13-35)56-32-39(34-6-2-1-3-7-34)27-47(56)44-9-5-4-8-43(44)36-10-11-36/h1-9,12-20,23,26,28-29,31,33,36,39,47,53H,10-11,21-22,24-25,27,30,32H2,(H,52,54)(H,55,58). The van der Waals surface area contributed by atoms with E-state index in [9.17, 15) is 23.3 Å². The Morgan fingerprint density at radius 1 is 0.846 bits per heavy atom. The lowest BCUT2D eigenvalue weighted by atomic mass is 9.91. The van der Waals surface area contributed by atoms with Crippen LogP contribution in [0.2, 0.25) is 0 Å². The maximum atomic E-state index is 14.0. The van der Waals surface area contributed by atoms with E-state index in [1.165, 1.54) is 53.9 Å². The SMILES string of the molecule is O=C(NS(=O)(=O)c1ccc(NCC2CCOCC2)c([N+](=O)[O-])c1)c1ccc(-c2ccc(N3CC(c4ccccc4)CC3c3ccccc3C3CC3)cc2)cc1Oc1cnc2[nH]ccc2c1. The van der Waals surface area contributed by atoms with Crippen LogP contribution < -0.4 is 19.7 Å². The minimum Gasteiger partial charge on any atom is -0.455 e. The third kappa shape index (κ3) is 9.04. The number of carbonyl (C=O) groups is 1. The van der Waals surface area contributed by atoms with Crippen molar-refractivity contribution in [1.29, 1.82) is 0 Å². The zero-order valence-electron chi connectivity index (χ0n) is 35.6. The van der Waals surface area contributed by atoms with E-state index in [1.807, 2.05) is 6.07 Å². The van der Waals surface area contributed by atoms with Crippen LogP contribution in [0.5, 0.6) is 11.5 Å². The van der Waals surface area contributed by atoms with Gasteiger partial charge in [0.15, 0.2) is 0 Å². The molecule has 0 bridgehead atoms. The van der Waals surface area contributed by atoms with Crippen LogP contribution in [0.3, 0.4) is 0 Å². The number of H-pyrrole nitrogens is 1. The van der Waals surface area contributed by atoms with E-state index < -0.39 is 31.4 Å². The molecule has 65 heavy (non-hydrogen) atoms. The number of carbonyl (C=O) groups excluding carboxylic acids is 1. The zero-order valence-corrected chi connectivity index (χ0v) is 36.4. The Morgan fingerprint density at radius 3 is 2.37 bits per heavy atom. The van der Waals surface area contributed by atoms with Gasteiger partial charge in [0.1, 0.15) is 22.8 Å². The summed E-state index contributed by atoms with van der Waals surface area (Å²) in [4.78, 5) is 35.1. The Labute approximate surface area is 377 Å². The first-order valence-corrected chi connectivity index (χ1v) is 23.6. The number of sulfonamides is 1. The molecule has 4 heterocycles. The Balaban J connectivity index is 0.935. The molecule has 0 radical (unpaired) electrons. The van der Waals surface area contributed by atoms with E-state index in [-0.39, 0.29) is 29.0 Å². The Hall–Kier alpha value is -7.03. The van der Waals surface area contributed by atoms with Gasteiger partial charge in [-0.3, -0.25) is 14.9 Å². The van der Waals surface area contributed by atoms with Crippen molar-refractivity contribution in [2.24, 2.45) is 5.92 Å². The van der Waals surface area contributed by atoms with E-state index in [2.05, 4.69) is 104 Å². The van der Waals surface area contributed by atoms with Gasteiger partial charge in [-0.2, -0.15) is 0 Å². The fraction of sp³-hybridized carbons (Fsp3) is 0.255. The number of aromatic amines is 1. The average molecular weight is 889 g/mol. The molecular weight excluding hydrogens is 841 g/mol. The molecule has 2 unspecified atom stereocenters. The van der Waals surface area contributed by atoms with Crippen molar-refractivity contribution in [3.8, 4) is 22.6 Å². The highest BCUT2D eigenvalue weighted by molar-refractivity contribution is 7.90. The second-order valence-electron chi connectivity index (χ2n) is 17.2. The van der Waals surface area contributed by atoms with Crippen LogP contribution >= 0.6 is 0 Å². The number of pyridine rings is 1. The number of nitrogens with one attached hydrogen (secondary N) is 3. The maximum absolute atomic E-state index is 14.0. The predicted molar refractivity (Wildman–Crippen MR) is 250 cm³/mol. The van der Waals surface area contributed by atoms with Crippen molar-refractivity contribution in [2.45, 2.75) is 54.9 Å². The van der Waals surface area contributed by atoms with Crippen LogP contribution in [0.1, 0.15) is 77.0 Å². The highest BCUT2D eigenvalue weighted by atomic mass is 32.2. The lowest BCUT2D eigenvalue weighted by Crippen LogP contribution is -2.31. The molecule has 13 nitrogen and oxygen atoms in total. The van der Waals surface area contributed by atoms with Gasteiger partial charge in [0.25, 0.3) is 21.6 Å². The van der Waals surface area contributed by atoms with Crippen molar-refractivity contribution in [3.63, 3.8) is 0 Å². The molecular formula is C51H48N6O7S. The molecule has 3 fully saturated rings. The quantitative estimate of drug-likeness (QED) is 0.0706. The van der Waals surface area contributed by atoms with Crippen LogP contribution in [0.4, 0.5) is 17.1 Å². The number of benzene rings is 5. The van der Waals surface area contributed by atoms with Crippen LogP contribution in [-0.2, 0) is 14.8 Å². The number of hydrogen-bond donors (Lipinski definition) is 3. The van der Waals surface area contributed by atoms with Gasteiger partial charge >= 0.3 is 0 Å². The number of amides is 1. The minimum absolute atomic E-state index is 0.0615. The number of anilines is 2. The van der Waals surface area contributed by atoms with Crippen molar-refractivity contribution in [2.75, 3.05) is 36.5 Å². The molecule has 1 aliphatic carbocycles. The summed E-state index contributed by atoms with van der Waals surface area (Å²) in [6.07, 6.45) is 8.39. The number of aromatic nitrogens is 2. The summed E-state index contributed by atoms with van der Waals surface area (Å²) in [6.45, 7) is 2.60. The summed E-state index contributed by atoms with van der Waals surface area (Å²) in [5.74, 6) is 0.717. The van der Waals surface area contributed by atoms with E-state index in [4.69, 9.17) is 9.47 Å². The summed E-state index contributed by atoms with van der Waals surface area (Å²) in [6, 6.07) is 40.4. The number of ether oxygens (including phenoxy) is 2. The first-order valence-electron chi connectivity index (χ1n) is 22.1. The fourth-order valence-electron chi connectivity index (χ4n) is 9.30. The summed E-state index contributed by atoms with van der Waals surface area (Å²) in [5, 5.41) is 16.0. The van der Waals surface area contributed by atoms with Crippen molar-refractivity contribution in [3.05, 3.63) is 172 Å². The number of rotatable bonds is 14. The Morgan fingerprint density at radius 2 is 1.60 bits per heavy atom. The normalized spacial score (nSPS) is 17.8. The van der Waals surface area contributed by atoms with E-state index in [0.29, 0.717) is 43.0 Å². The molecule has 5 aromatic carbocycles. The van der Waals surface area contributed by atoms with Gasteiger partial charge in [0.2, 0.25) is 0 Å². The van der Waals surface area contributed by atoms with E-state index in [0.717, 1.165) is 54.1 Å². The second-order valence-corrected chi connectivity index (χ2v) is 18.9. The maximum Gasteiger partial charge on any atom is 0.293 e. The van der Waals surface area contributed by atoms with E-state index in [1.54, 1.807) is 24.4 Å². The summed E-state index contributed by atoms with van der Waals surface area (Å²) < 4.78 is 41.4. The van der Waals surface area contributed by atoms with Gasteiger partial charge in [0.05, 0.1) is 27.6 Å². The van der Waals surface area contributed by atoms with Gasteiger partial charge in [0, 0.05) is 55.6 Å². The monoisotopic (exact) mass is 888 g/mol. The minimum atomic E-state index is -4.58. The van der Waals surface area contributed by atoms with Gasteiger partial charge in [-0.1, -0.05) is 72.8 Å². The number of nitro benzene ring substituents is 1. The lowest BCUT2D eigenvalue weighted by molar-refractivity contribution is -0.384. The summed E-state index contributed by atoms with van der Waals surface area (Å²) in [5.41, 5.74) is 7.26. The van der Waals surface area contributed by atoms with Crippen LogP contribution in [0, 0.1) is 16.0 Å². The molecule has 2 saturated heterocycles. The van der Waals surface area contributed by atoms with Gasteiger partial charge in [-0.15, -0.1) is 0 Å². The van der Waals surface area contributed by atoms with Gasteiger partial charge < -0.3 is 24.7 Å². The second kappa shape index (κ2) is 17.9. The first kappa shape index (κ1) is 42.0. The Bertz CT molecular complexity index is 2990. The third-order valence-electron chi connectivity index (χ3n) is 12.9. The first-order chi connectivity index (χ1) is 31.7. The lowest BCUT2D eigenvalue weighted by Gasteiger charge is -2.29. The summed E-state index contributed by atoms with van der Waals surface area (Å²) >= 11 is 0. The highest BCUT2D eigenvalue weighted by Gasteiger charge is 2.37.